The lowest BCUT2D eigenvalue weighted by atomic mass is 9.98. The van der Waals surface area contributed by atoms with E-state index in [4.69, 9.17) is 22.6 Å². The van der Waals surface area contributed by atoms with Gasteiger partial charge in [-0.25, -0.2) is 4.57 Å². The third kappa shape index (κ3) is 4.12. The molecule has 0 bridgehead atoms. The topological polar surface area (TPSA) is 66.8 Å². The number of terminal acetylenes is 2. The summed E-state index contributed by atoms with van der Waals surface area (Å²) in [6.07, 6.45) is 10.3. The number of phosphoric ester groups is 1. The van der Waals surface area contributed by atoms with Gasteiger partial charge in [-0.2, -0.15) is 0 Å². The molecule has 4 nitrogen and oxygen atoms in total. The maximum absolute atomic E-state index is 10.5. The first-order valence-corrected chi connectivity index (χ1v) is 5.09. The van der Waals surface area contributed by atoms with Crippen LogP contribution >= 0.6 is 7.82 Å². The molecule has 0 aromatic heterocycles. The van der Waals surface area contributed by atoms with Crippen molar-refractivity contribution in [3.8, 4) is 24.7 Å². The molecule has 0 spiro atoms. The Kier molecular flexibility index (Phi) is 4.20. The van der Waals surface area contributed by atoms with Crippen molar-refractivity contribution in [2.24, 2.45) is 0 Å². The second kappa shape index (κ2) is 4.46. The van der Waals surface area contributed by atoms with Crippen LogP contribution in [0.25, 0.3) is 0 Å². The summed E-state index contributed by atoms with van der Waals surface area (Å²) in [6, 6.07) is 0. The van der Waals surface area contributed by atoms with Crippen molar-refractivity contribution < 1.29 is 18.9 Å². The monoisotopic (exact) mass is 202 g/mol. The number of phosphoric acid groups is 1. The highest BCUT2D eigenvalue weighted by Crippen LogP contribution is 2.43. The van der Waals surface area contributed by atoms with Crippen LogP contribution in [0.5, 0.6) is 0 Å². The quantitative estimate of drug-likeness (QED) is 0.525. The van der Waals surface area contributed by atoms with Crippen molar-refractivity contribution >= 4 is 7.82 Å². The summed E-state index contributed by atoms with van der Waals surface area (Å²) < 4.78 is 15.0. The molecule has 0 aromatic rings. The molecular weight excluding hydrogens is 191 g/mol. The van der Waals surface area contributed by atoms with Crippen LogP contribution < -0.4 is 0 Å². The van der Waals surface area contributed by atoms with Gasteiger partial charge in [0, 0.05) is 6.42 Å². The molecule has 13 heavy (non-hydrogen) atoms. The Labute approximate surface area is 77.5 Å². The molecule has 0 fully saturated rings. The van der Waals surface area contributed by atoms with E-state index in [0.29, 0.717) is 0 Å². The Balaban J connectivity index is 4.73. The van der Waals surface area contributed by atoms with Crippen molar-refractivity contribution in [1.82, 2.24) is 0 Å². The van der Waals surface area contributed by atoms with E-state index in [0.717, 1.165) is 0 Å². The second-order valence-corrected chi connectivity index (χ2v) is 3.62. The fourth-order valence-corrected chi connectivity index (χ4v) is 1.50. The van der Waals surface area contributed by atoms with Gasteiger partial charge in [0.15, 0.2) is 5.60 Å². The molecule has 1 atom stereocenters. The minimum atomic E-state index is -4.59. The number of hydrogen-bond donors (Lipinski definition) is 2. The molecule has 5 heteroatoms. The van der Waals surface area contributed by atoms with Crippen molar-refractivity contribution in [3.05, 3.63) is 0 Å². The number of rotatable bonds is 4. The summed E-state index contributed by atoms with van der Waals surface area (Å²) in [4.78, 5) is 17.1. The van der Waals surface area contributed by atoms with E-state index >= 15 is 0 Å². The molecule has 0 aliphatic heterocycles. The minimum absolute atomic E-state index is 0.0227. The van der Waals surface area contributed by atoms with E-state index in [9.17, 15) is 4.57 Å². The fraction of sp³-hybridized carbons (Fsp3) is 0.500. The Morgan fingerprint density at radius 1 is 1.54 bits per heavy atom. The van der Waals surface area contributed by atoms with Gasteiger partial charge in [-0.05, 0) is 6.42 Å². The zero-order chi connectivity index (χ0) is 10.5. The van der Waals surface area contributed by atoms with Crippen molar-refractivity contribution in [3.63, 3.8) is 0 Å². The molecule has 72 valence electrons. The smallest absolute Gasteiger partial charge is 0.303 e. The van der Waals surface area contributed by atoms with Gasteiger partial charge < -0.3 is 9.79 Å². The third-order valence-electron chi connectivity index (χ3n) is 1.52. The maximum Gasteiger partial charge on any atom is 0.471 e. The lowest BCUT2D eigenvalue weighted by Crippen LogP contribution is -2.28. The van der Waals surface area contributed by atoms with E-state index in [-0.39, 0.29) is 12.8 Å². The van der Waals surface area contributed by atoms with Gasteiger partial charge in [-0.1, -0.05) is 12.8 Å². The molecule has 0 rings (SSSR count). The van der Waals surface area contributed by atoms with Crippen molar-refractivity contribution in [2.45, 2.75) is 25.4 Å². The number of hydrogen-bond acceptors (Lipinski definition) is 2. The standard InChI is InChI=1S/C8H11O4P/c1-4-7-8(5-2,6-3)12-13(9,10)11/h1-2H,6-7H2,3H3,(H2,9,10,11). The normalized spacial score (nSPS) is 15.5. The fourth-order valence-electron chi connectivity index (χ4n) is 0.794. The van der Waals surface area contributed by atoms with E-state index in [2.05, 4.69) is 16.4 Å². The molecule has 1 unspecified atom stereocenters. The first-order valence-electron chi connectivity index (χ1n) is 3.56. The van der Waals surface area contributed by atoms with Crippen LogP contribution in [-0.4, -0.2) is 15.4 Å². The van der Waals surface area contributed by atoms with Crippen LogP contribution in [0.3, 0.4) is 0 Å². The van der Waals surface area contributed by atoms with E-state index in [1.54, 1.807) is 6.92 Å². The summed E-state index contributed by atoms with van der Waals surface area (Å²) in [6.45, 7) is 1.65. The first kappa shape index (κ1) is 12.2. The molecule has 0 amide bonds. The largest absolute Gasteiger partial charge is 0.471 e. The van der Waals surface area contributed by atoms with Crippen LogP contribution in [0.1, 0.15) is 19.8 Å². The highest BCUT2D eigenvalue weighted by atomic mass is 31.2. The summed E-state index contributed by atoms with van der Waals surface area (Å²) in [7, 11) is -4.59. The van der Waals surface area contributed by atoms with Crippen LogP contribution in [0.15, 0.2) is 0 Å². The molecule has 0 radical (unpaired) electrons. The molecule has 0 aromatic carbocycles. The highest BCUT2D eigenvalue weighted by molar-refractivity contribution is 7.46. The Morgan fingerprint density at radius 2 is 2.08 bits per heavy atom. The molecule has 0 saturated heterocycles. The van der Waals surface area contributed by atoms with Crippen molar-refractivity contribution in [2.75, 3.05) is 0 Å². The van der Waals surface area contributed by atoms with Gasteiger partial charge in [-0.15, -0.1) is 18.8 Å². The zero-order valence-corrected chi connectivity index (χ0v) is 8.12. The van der Waals surface area contributed by atoms with Crippen LogP contribution in [0.4, 0.5) is 0 Å². The Morgan fingerprint density at radius 3 is 2.31 bits per heavy atom. The molecular formula is C8H11O4P. The van der Waals surface area contributed by atoms with Gasteiger partial charge in [-0.3, -0.25) is 4.52 Å². The van der Waals surface area contributed by atoms with E-state index in [1.807, 2.05) is 0 Å². The Hall–Kier alpha value is -0.770. The molecule has 0 aliphatic carbocycles. The maximum atomic E-state index is 10.5. The molecule has 2 N–H and O–H groups in total. The third-order valence-corrected chi connectivity index (χ3v) is 2.10. The van der Waals surface area contributed by atoms with E-state index < -0.39 is 13.4 Å². The minimum Gasteiger partial charge on any atom is -0.303 e. The summed E-state index contributed by atoms with van der Waals surface area (Å²) in [5, 5.41) is 0. The predicted octanol–water partition coefficient (Wildman–Crippen LogP) is 0.901. The lowest BCUT2D eigenvalue weighted by molar-refractivity contribution is 0.0823. The molecule has 0 aliphatic rings. The predicted molar refractivity (Wildman–Crippen MR) is 48.4 cm³/mol. The zero-order valence-electron chi connectivity index (χ0n) is 7.23. The van der Waals surface area contributed by atoms with Crippen LogP contribution in [0.2, 0.25) is 0 Å². The van der Waals surface area contributed by atoms with Gasteiger partial charge in [0.2, 0.25) is 0 Å². The van der Waals surface area contributed by atoms with Gasteiger partial charge in [0.05, 0.1) is 0 Å². The van der Waals surface area contributed by atoms with Crippen LogP contribution in [0, 0.1) is 24.7 Å². The second-order valence-electron chi connectivity index (χ2n) is 2.45. The average Bonchev–Trinajstić information content (AvgIpc) is 2.01. The molecule has 0 heterocycles. The lowest BCUT2D eigenvalue weighted by Gasteiger charge is -2.24. The SMILES string of the molecule is C#CCC(C#C)(CC)OP(=O)(O)O. The van der Waals surface area contributed by atoms with Gasteiger partial charge >= 0.3 is 7.82 Å². The summed E-state index contributed by atoms with van der Waals surface area (Å²) in [5.41, 5.74) is -1.35. The molecule has 0 saturated carbocycles. The summed E-state index contributed by atoms with van der Waals surface area (Å²) >= 11 is 0. The highest BCUT2D eigenvalue weighted by Gasteiger charge is 2.33. The van der Waals surface area contributed by atoms with Gasteiger partial charge in [0.25, 0.3) is 0 Å². The Bertz CT molecular complexity index is 292. The van der Waals surface area contributed by atoms with Gasteiger partial charge in [0.1, 0.15) is 0 Å². The van der Waals surface area contributed by atoms with Crippen LogP contribution in [-0.2, 0) is 9.09 Å². The first-order chi connectivity index (χ1) is 5.89. The summed E-state index contributed by atoms with van der Waals surface area (Å²) in [5.74, 6) is 4.39. The van der Waals surface area contributed by atoms with E-state index in [1.165, 1.54) is 0 Å². The van der Waals surface area contributed by atoms with Crippen molar-refractivity contribution in [1.29, 1.82) is 0 Å². The average molecular weight is 202 g/mol.